The van der Waals surface area contributed by atoms with Gasteiger partial charge in [-0.25, -0.2) is 0 Å². The number of Topliss-reactive ketones (excluding diaryl/α,β-unsaturated/α-hetero) is 1. The number of ether oxygens (including phenoxy) is 2. The first-order valence-electron chi connectivity index (χ1n) is 6.59. The van der Waals surface area contributed by atoms with Crippen LogP contribution in [0.25, 0.3) is 0 Å². The molecule has 0 aromatic carbocycles. The molecule has 0 N–H and O–H groups in total. The van der Waals surface area contributed by atoms with E-state index in [1.54, 1.807) is 0 Å². The largest absolute Gasteiger partial charge is 0.347 e. The Morgan fingerprint density at radius 2 is 2.06 bits per heavy atom. The second-order valence-electron chi connectivity index (χ2n) is 4.88. The molecule has 0 spiro atoms. The van der Waals surface area contributed by atoms with Crippen LogP contribution in [0.2, 0.25) is 0 Å². The van der Waals surface area contributed by atoms with E-state index >= 15 is 0 Å². The summed E-state index contributed by atoms with van der Waals surface area (Å²) in [5.74, 6) is -0.215. The first-order chi connectivity index (χ1) is 7.78. The Morgan fingerprint density at radius 3 is 2.69 bits per heavy atom. The highest BCUT2D eigenvalue weighted by atomic mass is 16.7. The van der Waals surface area contributed by atoms with Crippen molar-refractivity contribution < 1.29 is 14.3 Å². The van der Waals surface area contributed by atoms with Crippen LogP contribution in [0.15, 0.2) is 0 Å². The van der Waals surface area contributed by atoms with Gasteiger partial charge in [0.1, 0.15) is 5.78 Å². The second kappa shape index (κ2) is 5.28. The van der Waals surface area contributed by atoms with Gasteiger partial charge in [-0.15, -0.1) is 0 Å². The lowest BCUT2D eigenvalue weighted by Crippen LogP contribution is -2.44. The summed E-state index contributed by atoms with van der Waals surface area (Å²) in [6.07, 6.45) is 6.91. The third kappa shape index (κ3) is 2.30. The maximum absolute atomic E-state index is 12.0. The van der Waals surface area contributed by atoms with Crippen molar-refractivity contribution in [3.05, 3.63) is 0 Å². The van der Waals surface area contributed by atoms with Gasteiger partial charge in [-0.2, -0.15) is 0 Å². The van der Waals surface area contributed by atoms with E-state index in [2.05, 4.69) is 6.92 Å². The Bertz CT molecular complexity index is 244. The van der Waals surface area contributed by atoms with E-state index in [-0.39, 0.29) is 5.92 Å². The van der Waals surface area contributed by atoms with E-state index in [0.29, 0.717) is 25.4 Å². The van der Waals surface area contributed by atoms with Crippen LogP contribution in [0.3, 0.4) is 0 Å². The maximum atomic E-state index is 12.0. The number of ketones is 1. The zero-order valence-corrected chi connectivity index (χ0v) is 10.2. The molecule has 3 nitrogen and oxygen atoms in total. The minimum absolute atomic E-state index is 0.00435. The van der Waals surface area contributed by atoms with Gasteiger partial charge in [0.05, 0.1) is 19.1 Å². The lowest BCUT2D eigenvalue weighted by Gasteiger charge is -2.36. The van der Waals surface area contributed by atoms with Crippen LogP contribution in [0.1, 0.15) is 51.9 Å². The Morgan fingerprint density at radius 1 is 1.31 bits per heavy atom. The topological polar surface area (TPSA) is 35.5 Å². The number of carbonyl (C=O) groups excluding carboxylic acids is 1. The molecule has 0 bridgehead atoms. The predicted molar refractivity (Wildman–Crippen MR) is 61.1 cm³/mol. The highest BCUT2D eigenvalue weighted by Crippen LogP contribution is 2.39. The third-order valence-electron chi connectivity index (χ3n) is 3.74. The van der Waals surface area contributed by atoms with Gasteiger partial charge in [0.2, 0.25) is 0 Å². The van der Waals surface area contributed by atoms with Crippen LogP contribution >= 0.6 is 0 Å². The van der Waals surface area contributed by atoms with E-state index in [1.807, 2.05) is 0 Å². The van der Waals surface area contributed by atoms with Gasteiger partial charge >= 0.3 is 0 Å². The van der Waals surface area contributed by atoms with E-state index < -0.39 is 5.79 Å². The number of hydrogen-bond acceptors (Lipinski definition) is 3. The van der Waals surface area contributed by atoms with Gasteiger partial charge in [0.25, 0.3) is 0 Å². The normalized spacial score (nSPS) is 29.6. The summed E-state index contributed by atoms with van der Waals surface area (Å²) in [6, 6.07) is 0. The van der Waals surface area contributed by atoms with Crippen LogP contribution < -0.4 is 0 Å². The molecule has 16 heavy (non-hydrogen) atoms. The molecule has 1 saturated heterocycles. The summed E-state index contributed by atoms with van der Waals surface area (Å²) in [7, 11) is 0. The fourth-order valence-electron chi connectivity index (χ4n) is 2.86. The highest BCUT2D eigenvalue weighted by Gasteiger charge is 2.47. The first kappa shape index (κ1) is 12.1. The van der Waals surface area contributed by atoms with Crippen molar-refractivity contribution in [3.63, 3.8) is 0 Å². The third-order valence-corrected chi connectivity index (χ3v) is 3.74. The SMILES string of the molecule is CCCCC1(C2CCCCC2=O)OCCO1. The van der Waals surface area contributed by atoms with Crippen LogP contribution in [-0.4, -0.2) is 24.8 Å². The predicted octanol–water partition coefficient (Wildman–Crippen LogP) is 2.68. The quantitative estimate of drug-likeness (QED) is 0.739. The molecule has 0 amide bonds. The van der Waals surface area contributed by atoms with Crippen molar-refractivity contribution in [2.24, 2.45) is 5.92 Å². The summed E-state index contributed by atoms with van der Waals surface area (Å²) in [5.41, 5.74) is 0. The van der Waals surface area contributed by atoms with Crippen molar-refractivity contribution >= 4 is 5.78 Å². The van der Waals surface area contributed by atoms with Crippen LogP contribution in [0.4, 0.5) is 0 Å². The number of carbonyl (C=O) groups is 1. The number of unbranched alkanes of at least 4 members (excludes halogenated alkanes) is 1. The molecular formula is C13H22O3. The van der Waals surface area contributed by atoms with Crippen molar-refractivity contribution in [3.8, 4) is 0 Å². The molecule has 2 fully saturated rings. The number of hydrogen-bond donors (Lipinski definition) is 0. The average Bonchev–Trinajstić information content (AvgIpc) is 2.77. The van der Waals surface area contributed by atoms with Crippen molar-refractivity contribution in [2.75, 3.05) is 13.2 Å². The number of rotatable bonds is 4. The van der Waals surface area contributed by atoms with Gasteiger partial charge < -0.3 is 9.47 Å². The Labute approximate surface area is 97.5 Å². The molecule has 0 radical (unpaired) electrons. The monoisotopic (exact) mass is 226 g/mol. The van der Waals surface area contributed by atoms with Gasteiger partial charge in [-0.05, 0) is 19.3 Å². The van der Waals surface area contributed by atoms with Crippen molar-refractivity contribution in [1.82, 2.24) is 0 Å². The minimum atomic E-state index is -0.562. The molecule has 1 aliphatic carbocycles. The summed E-state index contributed by atoms with van der Waals surface area (Å²) < 4.78 is 11.6. The van der Waals surface area contributed by atoms with E-state index in [0.717, 1.165) is 38.5 Å². The van der Waals surface area contributed by atoms with Crippen molar-refractivity contribution in [1.29, 1.82) is 0 Å². The molecular weight excluding hydrogens is 204 g/mol. The van der Waals surface area contributed by atoms with Gasteiger partial charge in [-0.3, -0.25) is 4.79 Å². The lowest BCUT2D eigenvalue weighted by atomic mass is 9.80. The summed E-state index contributed by atoms with van der Waals surface area (Å²) in [5, 5.41) is 0. The minimum Gasteiger partial charge on any atom is -0.347 e. The van der Waals surface area contributed by atoms with Crippen LogP contribution in [0, 0.1) is 5.92 Å². The van der Waals surface area contributed by atoms with Gasteiger partial charge in [0.15, 0.2) is 5.79 Å². The first-order valence-corrected chi connectivity index (χ1v) is 6.59. The molecule has 1 saturated carbocycles. The summed E-state index contributed by atoms with van der Waals surface area (Å²) in [4.78, 5) is 12.0. The zero-order chi connectivity index (χ0) is 11.4. The lowest BCUT2D eigenvalue weighted by molar-refractivity contribution is -0.205. The molecule has 1 unspecified atom stereocenters. The summed E-state index contributed by atoms with van der Waals surface area (Å²) in [6.45, 7) is 3.45. The van der Waals surface area contributed by atoms with E-state index in [1.165, 1.54) is 0 Å². The summed E-state index contributed by atoms with van der Waals surface area (Å²) >= 11 is 0. The van der Waals surface area contributed by atoms with Crippen LogP contribution in [-0.2, 0) is 14.3 Å². The van der Waals surface area contributed by atoms with Gasteiger partial charge in [-0.1, -0.05) is 19.8 Å². The van der Waals surface area contributed by atoms with Crippen molar-refractivity contribution in [2.45, 2.75) is 57.7 Å². The molecule has 0 aromatic heterocycles. The Balaban J connectivity index is 2.07. The highest BCUT2D eigenvalue weighted by molar-refractivity contribution is 5.82. The molecule has 3 heteroatoms. The van der Waals surface area contributed by atoms with E-state index in [4.69, 9.17) is 9.47 Å². The maximum Gasteiger partial charge on any atom is 0.178 e. The molecule has 1 aliphatic heterocycles. The fraction of sp³-hybridized carbons (Fsp3) is 0.923. The standard InChI is InChI=1S/C13H22O3/c1-2-3-8-13(15-9-10-16-13)11-6-4-5-7-12(11)14/h11H,2-10H2,1H3. The second-order valence-corrected chi connectivity index (χ2v) is 4.88. The molecule has 1 atom stereocenters. The Hall–Kier alpha value is -0.410. The molecule has 0 aromatic rings. The molecule has 92 valence electrons. The molecule has 1 heterocycles. The zero-order valence-electron chi connectivity index (χ0n) is 10.2. The van der Waals surface area contributed by atoms with E-state index in [9.17, 15) is 4.79 Å². The van der Waals surface area contributed by atoms with Crippen LogP contribution in [0.5, 0.6) is 0 Å². The smallest absolute Gasteiger partial charge is 0.178 e. The van der Waals surface area contributed by atoms with Gasteiger partial charge in [0, 0.05) is 12.8 Å². The fourth-order valence-corrected chi connectivity index (χ4v) is 2.86. The molecule has 2 rings (SSSR count). The molecule has 2 aliphatic rings. The Kier molecular flexibility index (Phi) is 3.98. The average molecular weight is 226 g/mol.